The van der Waals surface area contributed by atoms with Gasteiger partial charge in [-0.3, -0.25) is 9.59 Å². The smallest absolute Gasteiger partial charge is 0.319 e. The second-order valence-electron chi connectivity index (χ2n) is 7.61. The van der Waals surface area contributed by atoms with E-state index in [4.69, 9.17) is 4.74 Å². The van der Waals surface area contributed by atoms with Crippen molar-refractivity contribution < 1.29 is 14.3 Å². The van der Waals surface area contributed by atoms with E-state index >= 15 is 0 Å². The highest BCUT2D eigenvalue weighted by molar-refractivity contribution is 7.99. The first-order valence-corrected chi connectivity index (χ1v) is 11.2. The number of hydrogen-bond donors (Lipinski definition) is 0. The maximum Gasteiger partial charge on any atom is 0.319 e. The molecular weight excluding hydrogens is 382 g/mol. The van der Waals surface area contributed by atoms with E-state index < -0.39 is 18.0 Å². The molecule has 4 atom stereocenters. The van der Waals surface area contributed by atoms with Crippen LogP contribution in [-0.2, 0) is 14.3 Å². The fraction of sp³-hybridized carbons (Fsp3) is 0.417. The molecule has 0 N–H and O–H groups in total. The van der Waals surface area contributed by atoms with Crippen molar-refractivity contribution >= 4 is 23.6 Å². The Labute approximate surface area is 177 Å². The Morgan fingerprint density at radius 1 is 1.03 bits per heavy atom. The van der Waals surface area contributed by atoms with Gasteiger partial charge in [-0.2, -0.15) is 0 Å². The van der Waals surface area contributed by atoms with Gasteiger partial charge in [0.2, 0.25) is 5.91 Å². The zero-order valence-corrected chi connectivity index (χ0v) is 18.1. The molecule has 1 aliphatic rings. The van der Waals surface area contributed by atoms with Crippen LogP contribution < -0.4 is 0 Å². The van der Waals surface area contributed by atoms with Crippen molar-refractivity contribution in [1.29, 1.82) is 0 Å². The van der Waals surface area contributed by atoms with E-state index in [1.54, 1.807) is 23.7 Å². The summed E-state index contributed by atoms with van der Waals surface area (Å²) < 4.78 is 5.93. The molecule has 0 aliphatic carbocycles. The van der Waals surface area contributed by atoms with E-state index in [1.807, 2.05) is 55.5 Å². The van der Waals surface area contributed by atoms with Gasteiger partial charge in [-0.25, -0.2) is 0 Å². The van der Waals surface area contributed by atoms with Gasteiger partial charge in [0.1, 0.15) is 12.0 Å². The van der Waals surface area contributed by atoms with E-state index in [1.165, 1.54) is 0 Å². The van der Waals surface area contributed by atoms with Crippen molar-refractivity contribution in [3.8, 4) is 0 Å². The third-order valence-electron chi connectivity index (χ3n) is 5.63. The number of rotatable bonds is 7. The van der Waals surface area contributed by atoms with Crippen molar-refractivity contribution in [3.63, 3.8) is 0 Å². The molecule has 5 heteroatoms. The third kappa shape index (κ3) is 5.02. The summed E-state index contributed by atoms with van der Waals surface area (Å²) in [5.41, 5.74) is 0.916. The highest BCUT2D eigenvalue weighted by Crippen LogP contribution is 2.35. The molecule has 0 spiro atoms. The van der Waals surface area contributed by atoms with Crippen LogP contribution in [0.1, 0.15) is 38.4 Å². The summed E-state index contributed by atoms with van der Waals surface area (Å²) in [6.07, 6.45) is 1.27. The molecule has 0 bridgehead atoms. The maximum atomic E-state index is 13.3. The molecule has 0 radical (unpaired) electrons. The van der Waals surface area contributed by atoms with Gasteiger partial charge in [0.05, 0.1) is 6.04 Å². The SMILES string of the molecule is CCC[C@@H](CSc1ccccc1)C1C(=O)O[C@H](c2ccccc2)[C@H](C)N(C)C1=O. The molecule has 0 aromatic heterocycles. The number of hydrogen-bond acceptors (Lipinski definition) is 4. The number of carbonyl (C=O) groups excluding carboxylic acids is 2. The van der Waals surface area contributed by atoms with Crippen LogP contribution >= 0.6 is 11.8 Å². The van der Waals surface area contributed by atoms with Gasteiger partial charge in [-0.05, 0) is 37.0 Å². The van der Waals surface area contributed by atoms with Crippen molar-refractivity contribution in [2.24, 2.45) is 11.8 Å². The van der Waals surface area contributed by atoms with Crippen LogP contribution in [0, 0.1) is 11.8 Å². The van der Waals surface area contributed by atoms with Crippen molar-refractivity contribution in [2.45, 2.75) is 43.7 Å². The minimum absolute atomic E-state index is 0.0608. The first kappa shape index (κ1) is 21.4. The van der Waals surface area contributed by atoms with E-state index in [-0.39, 0.29) is 17.9 Å². The molecule has 2 aromatic rings. The number of amides is 1. The van der Waals surface area contributed by atoms with Gasteiger partial charge in [-0.1, -0.05) is 61.9 Å². The molecular formula is C24H29NO3S. The molecule has 1 fully saturated rings. The highest BCUT2D eigenvalue weighted by atomic mass is 32.2. The van der Waals surface area contributed by atoms with Gasteiger partial charge in [0, 0.05) is 17.7 Å². The number of cyclic esters (lactones) is 1. The second-order valence-corrected chi connectivity index (χ2v) is 8.70. The van der Waals surface area contributed by atoms with Crippen LogP contribution in [0.4, 0.5) is 0 Å². The average molecular weight is 412 g/mol. The first-order valence-electron chi connectivity index (χ1n) is 10.2. The fourth-order valence-corrected chi connectivity index (χ4v) is 4.96. The maximum absolute atomic E-state index is 13.3. The molecule has 1 unspecified atom stereocenters. The minimum atomic E-state index is -0.757. The number of benzene rings is 2. The number of ether oxygens (including phenoxy) is 1. The van der Waals surface area contributed by atoms with E-state index in [9.17, 15) is 9.59 Å². The van der Waals surface area contributed by atoms with Crippen LogP contribution in [0.3, 0.4) is 0 Å². The molecule has 1 saturated heterocycles. The zero-order chi connectivity index (χ0) is 20.8. The molecule has 0 saturated carbocycles. The van der Waals surface area contributed by atoms with E-state index in [0.717, 1.165) is 23.3 Å². The summed E-state index contributed by atoms with van der Waals surface area (Å²) in [5, 5.41) is 0. The van der Waals surface area contributed by atoms with Gasteiger partial charge in [0.25, 0.3) is 0 Å². The van der Waals surface area contributed by atoms with Gasteiger partial charge in [0.15, 0.2) is 0 Å². The lowest BCUT2D eigenvalue weighted by atomic mass is 9.89. The Hall–Kier alpha value is -2.27. The van der Waals surface area contributed by atoms with E-state index in [0.29, 0.717) is 5.75 Å². The standard InChI is InChI=1S/C24H29NO3S/c1-4-11-19(16-29-20-14-9-6-10-15-20)21-23(26)25(3)17(2)22(28-24(21)27)18-12-7-5-8-13-18/h5-10,12-15,17,19,21-22H,4,11,16H2,1-3H3/t17-,19-,21?,22-/m0/s1. The molecule has 1 aliphatic heterocycles. The molecule has 1 amide bonds. The van der Waals surface area contributed by atoms with Crippen molar-refractivity contribution in [1.82, 2.24) is 4.90 Å². The molecule has 2 aromatic carbocycles. The monoisotopic (exact) mass is 411 g/mol. The Kier molecular flexibility index (Phi) is 7.37. The first-order chi connectivity index (χ1) is 14.0. The van der Waals surface area contributed by atoms with Crippen LogP contribution in [0.5, 0.6) is 0 Å². The molecule has 154 valence electrons. The number of carbonyl (C=O) groups is 2. The lowest BCUT2D eigenvalue weighted by Crippen LogP contribution is -2.43. The molecule has 29 heavy (non-hydrogen) atoms. The van der Waals surface area contributed by atoms with Crippen LogP contribution in [0.15, 0.2) is 65.6 Å². The Bertz CT molecular complexity index is 811. The lowest BCUT2D eigenvalue weighted by Gasteiger charge is -2.29. The largest absolute Gasteiger partial charge is 0.455 e. The topological polar surface area (TPSA) is 46.6 Å². The zero-order valence-electron chi connectivity index (χ0n) is 17.3. The normalized spacial score (nSPS) is 23.4. The lowest BCUT2D eigenvalue weighted by molar-refractivity contribution is -0.157. The average Bonchev–Trinajstić information content (AvgIpc) is 2.83. The number of nitrogens with zero attached hydrogens (tertiary/aromatic N) is 1. The van der Waals surface area contributed by atoms with E-state index in [2.05, 4.69) is 19.1 Å². The second kappa shape index (κ2) is 9.97. The van der Waals surface area contributed by atoms with Gasteiger partial charge < -0.3 is 9.64 Å². The Balaban J connectivity index is 1.83. The van der Waals surface area contributed by atoms with Crippen LogP contribution in [0.2, 0.25) is 0 Å². The van der Waals surface area contributed by atoms with Gasteiger partial charge in [-0.15, -0.1) is 11.8 Å². The Morgan fingerprint density at radius 2 is 1.66 bits per heavy atom. The third-order valence-corrected chi connectivity index (χ3v) is 6.83. The Morgan fingerprint density at radius 3 is 2.28 bits per heavy atom. The molecule has 4 nitrogen and oxygen atoms in total. The van der Waals surface area contributed by atoms with Crippen LogP contribution in [-0.4, -0.2) is 35.6 Å². The fourth-order valence-electron chi connectivity index (χ4n) is 3.84. The minimum Gasteiger partial charge on any atom is -0.455 e. The van der Waals surface area contributed by atoms with Crippen molar-refractivity contribution in [3.05, 3.63) is 66.2 Å². The van der Waals surface area contributed by atoms with Crippen LogP contribution in [0.25, 0.3) is 0 Å². The predicted octanol–water partition coefficient (Wildman–Crippen LogP) is 4.96. The summed E-state index contributed by atoms with van der Waals surface area (Å²) in [6, 6.07) is 19.6. The predicted molar refractivity (Wildman–Crippen MR) is 117 cm³/mol. The molecule has 3 rings (SSSR count). The summed E-state index contributed by atoms with van der Waals surface area (Å²) >= 11 is 1.69. The summed E-state index contributed by atoms with van der Waals surface area (Å²) in [6.45, 7) is 4.03. The number of thioether (sulfide) groups is 1. The number of likely N-dealkylation sites (N-methyl/N-ethyl adjacent to an activating group) is 1. The van der Waals surface area contributed by atoms with Gasteiger partial charge >= 0.3 is 5.97 Å². The summed E-state index contributed by atoms with van der Waals surface area (Å²) in [4.78, 5) is 29.3. The molecule has 1 heterocycles. The van der Waals surface area contributed by atoms with Crippen molar-refractivity contribution in [2.75, 3.05) is 12.8 Å². The quantitative estimate of drug-likeness (QED) is 0.367. The highest BCUT2D eigenvalue weighted by Gasteiger charge is 2.44. The number of esters is 1. The summed E-state index contributed by atoms with van der Waals surface area (Å²) in [7, 11) is 1.78. The summed E-state index contributed by atoms with van der Waals surface area (Å²) in [5.74, 6) is -0.636.